The van der Waals surface area contributed by atoms with Crippen molar-refractivity contribution in [2.45, 2.75) is 25.3 Å². The lowest BCUT2D eigenvalue weighted by molar-refractivity contribution is -0.140. The van der Waals surface area contributed by atoms with E-state index >= 15 is 0 Å². The Hall–Kier alpha value is -1.63. The molecule has 1 amide bonds. The van der Waals surface area contributed by atoms with Crippen molar-refractivity contribution in [1.29, 1.82) is 0 Å². The number of carbonyl (C=O) groups is 1. The Kier molecular flexibility index (Phi) is 3.20. The van der Waals surface area contributed by atoms with Gasteiger partial charge in [-0.25, -0.2) is 10.9 Å². The molecule has 6 heteroatoms. The molecule has 1 aromatic carbocycles. The van der Waals surface area contributed by atoms with E-state index in [1.807, 2.05) is 32.0 Å². The van der Waals surface area contributed by atoms with Gasteiger partial charge in [0.1, 0.15) is 5.75 Å². The maximum absolute atomic E-state index is 12.8. The van der Waals surface area contributed by atoms with Gasteiger partial charge in [0, 0.05) is 30.5 Å². The molecular formula is C17H24N4O2. The molecule has 1 unspecified atom stereocenters. The van der Waals surface area contributed by atoms with Gasteiger partial charge in [-0.2, -0.15) is 0 Å². The zero-order valence-electron chi connectivity index (χ0n) is 13.6. The molecule has 4 rings (SSSR count). The van der Waals surface area contributed by atoms with Crippen LogP contribution in [0.2, 0.25) is 0 Å². The second-order valence-electron chi connectivity index (χ2n) is 7.57. The maximum atomic E-state index is 12.8. The number of nitrogens with zero attached hydrogens (tertiary/aromatic N) is 2. The first-order valence-electron chi connectivity index (χ1n) is 8.21. The predicted octanol–water partition coefficient (Wildman–Crippen LogP) is 0.695. The molecule has 3 aliphatic rings. The van der Waals surface area contributed by atoms with E-state index in [9.17, 15) is 4.79 Å². The summed E-state index contributed by atoms with van der Waals surface area (Å²) in [4.78, 5) is 12.8. The van der Waals surface area contributed by atoms with Gasteiger partial charge >= 0.3 is 0 Å². The van der Waals surface area contributed by atoms with Gasteiger partial charge in [-0.15, -0.1) is 0 Å². The summed E-state index contributed by atoms with van der Waals surface area (Å²) in [7, 11) is 0. The summed E-state index contributed by atoms with van der Waals surface area (Å²) in [6.07, 6.45) is 0. The number of fused-ring (bicyclic) bond motifs is 2. The average Bonchev–Trinajstić information content (AvgIpc) is 2.90. The smallest absolute Gasteiger partial charge is 0.240 e. The summed E-state index contributed by atoms with van der Waals surface area (Å²) < 4.78 is 5.78. The number of hydrazine groups is 2. The zero-order chi connectivity index (χ0) is 16.4. The normalized spacial score (nSPS) is 32.2. The van der Waals surface area contributed by atoms with Gasteiger partial charge in [-0.05, 0) is 31.7 Å². The number of amides is 1. The molecule has 2 heterocycles. The Morgan fingerprint density at radius 3 is 2.65 bits per heavy atom. The Morgan fingerprint density at radius 2 is 1.96 bits per heavy atom. The van der Waals surface area contributed by atoms with Crippen LogP contribution in [0, 0.1) is 17.8 Å². The molecule has 2 aliphatic heterocycles. The molecule has 1 saturated carbocycles. The highest BCUT2D eigenvalue weighted by atomic mass is 16.5. The average molecular weight is 316 g/mol. The molecule has 1 aliphatic carbocycles. The van der Waals surface area contributed by atoms with Gasteiger partial charge in [0.2, 0.25) is 5.91 Å². The van der Waals surface area contributed by atoms with Gasteiger partial charge in [0.15, 0.2) is 0 Å². The van der Waals surface area contributed by atoms with Crippen molar-refractivity contribution in [1.82, 2.24) is 10.0 Å². The summed E-state index contributed by atoms with van der Waals surface area (Å²) >= 11 is 0. The Balaban J connectivity index is 1.52. The largest absolute Gasteiger partial charge is 0.493 e. The molecule has 6 nitrogen and oxygen atoms in total. The van der Waals surface area contributed by atoms with E-state index in [0.717, 1.165) is 24.4 Å². The fourth-order valence-corrected chi connectivity index (χ4v) is 4.29. The van der Waals surface area contributed by atoms with Crippen LogP contribution in [0.5, 0.6) is 5.75 Å². The van der Waals surface area contributed by atoms with E-state index in [4.69, 9.17) is 16.4 Å². The number of nitrogens with two attached hydrogens (primary N) is 2. The highest BCUT2D eigenvalue weighted by Crippen LogP contribution is 2.52. The number of hydrogen-bond acceptors (Lipinski definition) is 5. The zero-order valence-corrected chi connectivity index (χ0v) is 13.6. The number of rotatable bonds is 3. The summed E-state index contributed by atoms with van der Waals surface area (Å²) in [6.45, 7) is 6.19. The van der Waals surface area contributed by atoms with Gasteiger partial charge in [0.25, 0.3) is 0 Å². The lowest BCUT2D eigenvalue weighted by atomic mass is 9.82. The monoisotopic (exact) mass is 316 g/mol. The van der Waals surface area contributed by atoms with E-state index < -0.39 is 5.54 Å². The van der Waals surface area contributed by atoms with Crippen LogP contribution in [0.3, 0.4) is 0 Å². The van der Waals surface area contributed by atoms with Crippen molar-refractivity contribution < 1.29 is 9.53 Å². The lowest BCUT2D eigenvalue weighted by Crippen LogP contribution is -2.57. The highest BCUT2D eigenvalue weighted by molar-refractivity contribution is 5.83. The second-order valence-corrected chi connectivity index (χ2v) is 7.57. The highest BCUT2D eigenvalue weighted by Gasteiger charge is 2.61. The molecular weight excluding hydrogens is 292 g/mol. The predicted molar refractivity (Wildman–Crippen MR) is 86.0 cm³/mol. The van der Waals surface area contributed by atoms with Gasteiger partial charge in [-0.3, -0.25) is 15.6 Å². The minimum Gasteiger partial charge on any atom is -0.493 e. The SMILES string of the molecule is CC(C)(C1COc2ccccc21)N(N)C(=O)[C@H]1[C@@H]2CN(N)C[C@@H]21. The van der Waals surface area contributed by atoms with Crippen LogP contribution in [-0.4, -0.2) is 41.2 Å². The third-order valence-corrected chi connectivity index (χ3v) is 5.92. The minimum atomic E-state index is -0.497. The summed E-state index contributed by atoms with van der Waals surface area (Å²) in [5.41, 5.74) is 0.632. The quantitative estimate of drug-likeness (QED) is 0.487. The van der Waals surface area contributed by atoms with E-state index in [0.29, 0.717) is 18.4 Å². The van der Waals surface area contributed by atoms with Gasteiger partial charge < -0.3 is 4.74 Å². The minimum absolute atomic E-state index is 0.0386. The van der Waals surface area contributed by atoms with Crippen molar-refractivity contribution in [2.24, 2.45) is 29.4 Å². The standard InChI is InChI=1S/C17H24N4O2/c1-17(2,13-9-23-14-6-4-3-5-10(13)14)21(19)16(22)15-11-7-20(18)8-12(11)15/h3-6,11-13,15H,7-9,18-19H2,1-2H3/t11-,12+,13?,15+. The van der Waals surface area contributed by atoms with Crippen LogP contribution < -0.4 is 16.4 Å². The van der Waals surface area contributed by atoms with Crippen LogP contribution in [0.15, 0.2) is 24.3 Å². The number of ether oxygens (including phenoxy) is 1. The second kappa shape index (κ2) is 4.93. The number of para-hydroxylation sites is 1. The third-order valence-electron chi connectivity index (χ3n) is 5.92. The molecule has 0 radical (unpaired) electrons. The first-order valence-corrected chi connectivity index (χ1v) is 8.21. The van der Waals surface area contributed by atoms with Crippen molar-refractivity contribution in [3.63, 3.8) is 0 Å². The van der Waals surface area contributed by atoms with Crippen molar-refractivity contribution in [3.05, 3.63) is 29.8 Å². The van der Waals surface area contributed by atoms with E-state index in [-0.39, 0.29) is 17.7 Å². The first kappa shape index (κ1) is 14.9. The lowest BCUT2D eigenvalue weighted by Gasteiger charge is -2.39. The molecule has 0 spiro atoms. The summed E-state index contributed by atoms with van der Waals surface area (Å²) in [6, 6.07) is 7.99. The Labute approximate surface area is 136 Å². The van der Waals surface area contributed by atoms with Crippen LogP contribution >= 0.6 is 0 Å². The van der Waals surface area contributed by atoms with E-state index in [2.05, 4.69) is 6.07 Å². The molecule has 0 aromatic heterocycles. The Morgan fingerprint density at radius 1 is 1.30 bits per heavy atom. The van der Waals surface area contributed by atoms with Crippen molar-refractivity contribution >= 4 is 5.91 Å². The van der Waals surface area contributed by atoms with Gasteiger partial charge in [-0.1, -0.05) is 18.2 Å². The number of hydrogen-bond donors (Lipinski definition) is 2. The van der Waals surface area contributed by atoms with Crippen LogP contribution in [-0.2, 0) is 4.79 Å². The van der Waals surface area contributed by atoms with Crippen molar-refractivity contribution in [2.75, 3.05) is 19.7 Å². The van der Waals surface area contributed by atoms with Crippen LogP contribution in [0.25, 0.3) is 0 Å². The molecule has 4 N–H and O–H groups in total. The van der Waals surface area contributed by atoms with Crippen LogP contribution in [0.1, 0.15) is 25.3 Å². The third kappa shape index (κ3) is 2.16. The molecule has 23 heavy (non-hydrogen) atoms. The van der Waals surface area contributed by atoms with E-state index in [1.165, 1.54) is 5.01 Å². The van der Waals surface area contributed by atoms with E-state index in [1.54, 1.807) is 5.01 Å². The van der Waals surface area contributed by atoms with Gasteiger partial charge in [0.05, 0.1) is 12.1 Å². The van der Waals surface area contributed by atoms with Crippen molar-refractivity contribution in [3.8, 4) is 5.75 Å². The molecule has 4 atom stereocenters. The topological polar surface area (TPSA) is 84.8 Å². The molecule has 1 saturated heterocycles. The number of benzene rings is 1. The number of carbonyl (C=O) groups excluding carboxylic acids is 1. The molecule has 1 aromatic rings. The summed E-state index contributed by atoms with van der Waals surface area (Å²) in [5, 5.41) is 3.25. The first-order chi connectivity index (χ1) is 10.9. The fraction of sp³-hybridized carbons (Fsp3) is 0.588. The number of piperidine rings is 1. The molecule has 2 fully saturated rings. The van der Waals surface area contributed by atoms with Crippen LogP contribution in [0.4, 0.5) is 0 Å². The summed E-state index contributed by atoms with van der Waals surface area (Å²) in [5.74, 6) is 13.9. The molecule has 124 valence electrons. The molecule has 0 bridgehead atoms. The Bertz CT molecular complexity index is 635. The fourth-order valence-electron chi connectivity index (χ4n) is 4.29. The maximum Gasteiger partial charge on any atom is 0.240 e.